The Morgan fingerprint density at radius 1 is 1.16 bits per heavy atom. The van der Waals surface area contributed by atoms with Crippen LogP contribution in [0.3, 0.4) is 0 Å². The van der Waals surface area contributed by atoms with Crippen molar-refractivity contribution >= 4 is 22.5 Å². The fourth-order valence-electron chi connectivity index (χ4n) is 2.45. The second-order valence-corrected chi connectivity index (χ2v) is 4.77. The minimum Gasteiger partial charge on any atom is -0.452 e. The lowest BCUT2D eigenvalue weighted by Crippen LogP contribution is -2.15. The van der Waals surface area contributed by atoms with Crippen LogP contribution < -0.4 is 0 Å². The maximum Gasteiger partial charge on any atom is 0.222 e. The molecule has 0 saturated heterocycles. The lowest BCUT2D eigenvalue weighted by atomic mass is 9.90. The van der Waals surface area contributed by atoms with E-state index in [1.807, 2.05) is 18.2 Å². The van der Waals surface area contributed by atoms with Crippen molar-refractivity contribution in [1.82, 2.24) is 0 Å². The van der Waals surface area contributed by atoms with E-state index in [1.54, 1.807) is 6.07 Å². The van der Waals surface area contributed by atoms with Gasteiger partial charge in [-0.15, -0.1) is 0 Å². The van der Waals surface area contributed by atoms with E-state index in [-0.39, 0.29) is 17.3 Å². The predicted molar refractivity (Wildman–Crippen MR) is 72.5 cm³/mol. The van der Waals surface area contributed by atoms with Crippen LogP contribution in [-0.4, -0.2) is 11.6 Å². The first kappa shape index (κ1) is 11.9. The molecule has 0 saturated carbocycles. The van der Waals surface area contributed by atoms with Gasteiger partial charge in [-0.1, -0.05) is 31.5 Å². The van der Waals surface area contributed by atoms with Crippen LogP contribution in [0.5, 0.6) is 0 Å². The molecule has 1 aliphatic carbocycles. The first-order valence-electron chi connectivity index (χ1n) is 6.53. The predicted octanol–water partition coefficient (Wildman–Crippen LogP) is 3.93. The van der Waals surface area contributed by atoms with Crippen LogP contribution in [0.1, 0.15) is 47.1 Å². The lowest BCUT2D eigenvalue weighted by molar-refractivity contribution is 0.0966. The molecule has 0 atom stereocenters. The van der Waals surface area contributed by atoms with Gasteiger partial charge in [-0.2, -0.15) is 0 Å². The normalized spacial score (nSPS) is 14.7. The fourth-order valence-corrected chi connectivity index (χ4v) is 2.45. The van der Waals surface area contributed by atoms with E-state index in [0.717, 1.165) is 18.2 Å². The van der Waals surface area contributed by atoms with E-state index in [9.17, 15) is 9.59 Å². The summed E-state index contributed by atoms with van der Waals surface area (Å²) in [7, 11) is 0. The summed E-state index contributed by atoms with van der Waals surface area (Å²) in [4.78, 5) is 24.5. The average molecular weight is 254 g/mol. The number of benzene rings is 1. The van der Waals surface area contributed by atoms with Crippen molar-refractivity contribution < 1.29 is 14.0 Å². The van der Waals surface area contributed by atoms with Gasteiger partial charge in [0, 0.05) is 11.0 Å². The van der Waals surface area contributed by atoms with Gasteiger partial charge < -0.3 is 4.42 Å². The standard InChI is InChI=1S/C16H14O3/c1-2-3-6-10-9-12(17)16-14(15(10)18)11-7-4-5-8-13(11)19-16/h4-5,7-9H,2-3,6H2,1H3. The van der Waals surface area contributed by atoms with Crippen LogP contribution in [0.2, 0.25) is 0 Å². The molecule has 0 unspecified atom stereocenters. The van der Waals surface area contributed by atoms with E-state index in [4.69, 9.17) is 4.42 Å². The van der Waals surface area contributed by atoms with Gasteiger partial charge in [0.15, 0.2) is 11.5 Å². The SMILES string of the molecule is CCCCC1=CC(=O)c2oc3ccccc3c2C1=O. The highest BCUT2D eigenvalue weighted by atomic mass is 16.3. The van der Waals surface area contributed by atoms with Gasteiger partial charge >= 0.3 is 0 Å². The largest absolute Gasteiger partial charge is 0.452 e. The minimum atomic E-state index is -0.197. The molecule has 1 aliphatic rings. The maximum absolute atomic E-state index is 12.5. The molecule has 0 aliphatic heterocycles. The van der Waals surface area contributed by atoms with Gasteiger partial charge in [0.25, 0.3) is 0 Å². The molecule has 0 N–H and O–H groups in total. The maximum atomic E-state index is 12.5. The summed E-state index contributed by atoms with van der Waals surface area (Å²) >= 11 is 0. The fraction of sp³-hybridized carbons (Fsp3) is 0.250. The van der Waals surface area contributed by atoms with Crippen molar-refractivity contribution in [3.8, 4) is 0 Å². The molecule has 19 heavy (non-hydrogen) atoms. The Labute approximate surface area is 110 Å². The number of fused-ring (bicyclic) bond motifs is 3. The Morgan fingerprint density at radius 3 is 2.74 bits per heavy atom. The van der Waals surface area contributed by atoms with Crippen LogP contribution in [0, 0.1) is 0 Å². The van der Waals surface area contributed by atoms with Crippen molar-refractivity contribution in [1.29, 1.82) is 0 Å². The molecule has 0 bridgehead atoms. The number of Topliss-reactive ketones (excluding diaryl/α,β-unsaturated/α-hetero) is 1. The Morgan fingerprint density at radius 2 is 1.95 bits per heavy atom. The van der Waals surface area contributed by atoms with Crippen molar-refractivity contribution in [2.75, 3.05) is 0 Å². The van der Waals surface area contributed by atoms with E-state index < -0.39 is 0 Å². The van der Waals surface area contributed by atoms with Crippen LogP contribution in [0.25, 0.3) is 11.0 Å². The zero-order valence-electron chi connectivity index (χ0n) is 10.7. The first-order valence-corrected chi connectivity index (χ1v) is 6.53. The lowest BCUT2D eigenvalue weighted by Gasteiger charge is -2.10. The van der Waals surface area contributed by atoms with Crippen molar-refractivity contribution in [2.24, 2.45) is 0 Å². The number of furan rings is 1. The molecule has 0 radical (unpaired) electrons. The van der Waals surface area contributed by atoms with Crippen LogP contribution in [0.15, 0.2) is 40.3 Å². The monoisotopic (exact) mass is 254 g/mol. The third-order valence-electron chi connectivity index (χ3n) is 3.44. The van der Waals surface area contributed by atoms with E-state index in [0.29, 0.717) is 23.1 Å². The number of hydrogen-bond acceptors (Lipinski definition) is 3. The average Bonchev–Trinajstić information content (AvgIpc) is 2.81. The Bertz CT molecular complexity index is 704. The summed E-state index contributed by atoms with van der Waals surface area (Å²) in [6.07, 6.45) is 4.00. The molecule has 1 heterocycles. The molecule has 0 fully saturated rings. The third kappa shape index (κ3) is 1.82. The minimum absolute atomic E-state index is 0.0620. The highest BCUT2D eigenvalue weighted by molar-refractivity contribution is 6.28. The van der Waals surface area contributed by atoms with E-state index in [1.165, 1.54) is 6.08 Å². The van der Waals surface area contributed by atoms with Gasteiger partial charge in [-0.05, 0) is 25.0 Å². The van der Waals surface area contributed by atoms with Crippen LogP contribution >= 0.6 is 0 Å². The molecule has 1 aromatic carbocycles. The van der Waals surface area contributed by atoms with E-state index >= 15 is 0 Å². The number of allylic oxidation sites excluding steroid dienone is 2. The molecular weight excluding hydrogens is 240 g/mol. The zero-order chi connectivity index (χ0) is 13.4. The molecule has 0 amide bonds. The number of unbranched alkanes of at least 4 members (excludes halogenated alkanes) is 1. The number of rotatable bonds is 3. The summed E-state index contributed by atoms with van der Waals surface area (Å²) in [6.45, 7) is 2.06. The van der Waals surface area contributed by atoms with Crippen molar-refractivity contribution in [2.45, 2.75) is 26.2 Å². The molecule has 3 heteroatoms. The molecule has 3 rings (SSSR count). The van der Waals surface area contributed by atoms with Gasteiger partial charge in [0.05, 0.1) is 5.56 Å². The number of carbonyl (C=O) groups excluding carboxylic acids is 2. The molecule has 0 spiro atoms. The quantitative estimate of drug-likeness (QED) is 0.833. The number of carbonyl (C=O) groups is 2. The number of para-hydroxylation sites is 1. The highest BCUT2D eigenvalue weighted by Crippen LogP contribution is 2.32. The summed E-state index contributed by atoms with van der Waals surface area (Å²) < 4.78 is 5.51. The Kier molecular flexibility index (Phi) is 2.82. The topological polar surface area (TPSA) is 47.3 Å². The summed E-state index contributed by atoms with van der Waals surface area (Å²) in [5.41, 5.74) is 1.64. The van der Waals surface area contributed by atoms with Gasteiger partial charge in [0.1, 0.15) is 5.58 Å². The van der Waals surface area contributed by atoms with Crippen molar-refractivity contribution in [3.05, 3.63) is 47.2 Å². The Balaban J connectivity index is 2.14. The number of hydrogen-bond donors (Lipinski definition) is 0. The molecular formula is C16H14O3. The summed E-state index contributed by atoms with van der Waals surface area (Å²) in [5.74, 6) is -0.0728. The van der Waals surface area contributed by atoms with Crippen LogP contribution in [0.4, 0.5) is 0 Å². The highest BCUT2D eigenvalue weighted by Gasteiger charge is 2.30. The summed E-state index contributed by atoms with van der Waals surface area (Å²) in [5, 5.41) is 0.734. The number of ketones is 2. The van der Waals surface area contributed by atoms with Gasteiger partial charge in [-0.3, -0.25) is 9.59 Å². The van der Waals surface area contributed by atoms with Crippen molar-refractivity contribution in [3.63, 3.8) is 0 Å². The first-order chi connectivity index (χ1) is 9.22. The second kappa shape index (κ2) is 4.50. The van der Waals surface area contributed by atoms with Gasteiger partial charge in [0.2, 0.25) is 5.78 Å². The molecule has 2 aromatic rings. The summed E-state index contributed by atoms with van der Waals surface area (Å²) in [6, 6.07) is 7.28. The smallest absolute Gasteiger partial charge is 0.222 e. The van der Waals surface area contributed by atoms with Gasteiger partial charge in [-0.25, -0.2) is 0 Å². The second-order valence-electron chi connectivity index (χ2n) is 4.77. The molecule has 96 valence electrons. The third-order valence-corrected chi connectivity index (χ3v) is 3.44. The molecule has 1 aromatic heterocycles. The molecule has 3 nitrogen and oxygen atoms in total. The van der Waals surface area contributed by atoms with E-state index in [2.05, 4.69) is 6.92 Å². The Hall–Kier alpha value is -2.16. The zero-order valence-corrected chi connectivity index (χ0v) is 10.7. The van der Waals surface area contributed by atoms with Crippen LogP contribution in [-0.2, 0) is 0 Å².